The standard InChI is InChI=1S/C15H22FN3O4S/c1-3-8-18(12-4-6-17-7-5-12)24(22,23)13-9-14(16)11(2)15(10-13)19(20)21/h9-10,12,17H,3-8H2,1-2H3. The number of nitro benzene ring substituents is 1. The van der Waals surface area contributed by atoms with Crippen molar-refractivity contribution < 1.29 is 17.7 Å². The van der Waals surface area contributed by atoms with E-state index in [0.717, 1.165) is 12.1 Å². The third-order valence-corrected chi connectivity index (χ3v) is 6.18. The highest BCUT2D eigenvalue weighted by Crippen LogP contribution is 2.29. The van der Waals surface area contributed by atoms with Crippen LogP contribution in [0.3, 0.4) is 0 Å². The molecule has 0 aliphatic carbocycles. The van der Waals surface area contributed by atoms with Crippen molar-refractivity contribution in [3.8, 4) is 0 Å². The maximum absolute atomic E-state index is 14.0. The second-order valence-corrected chi connectivity index (χ2v) is 7.79. The van der Waals surface area contributed by atoms with E-state index in [2.05, 4.69) is 5.32 Å². The average molecular weight is 359 g/mol. The fourth-order valence-corrected chi connectivity index (χ4v) is 4.74. The first-order chi connectivity index (χ1) is 11.3. The van der Waals surface area contributed by atoms with Gasteiger partial charge in [-0.15, -0.1) is 0 Å². The first-order valence-corrected chi connectivity index (χ1v) is 9.40. The maximum atomic E-state index is 14.0. The van der Waals surface area contributed by atoms with E-state index >= 15 is 0 Å². The normalized spacial score (nSPS) is 16.5. The van der Waals surface area contributed by atoms with E-state index in [1.54, 1.807) is 0 Å². The van der Waals surface area contributed by atoms with E-state index in [4.69, 9.17) is 0 Å². The van der Waals surface area contributed by atoms with E-state index in [9.17, 15) is 22.9 Å². The summed E-state index contributed by atoms with van der Waals surface area (Å²) in [4.78, 5) is 9.96. The molecule has 0 bridgehead atoms. The number of piperidine rings is 1. The van der Waals surface area contributed by atoms with Crippen LogP contribution in [0.2, 0.25) is 0 Å². The molecule has 7 nitrogen and oxygen atoms in total. The lowest BCUT2D eigenvalue weighted by atomic mass is 10.1. The molecule has 1 heterocycles. The lowest BCUT2D eigenvalue weighted by molar-refractivity contribution is -0.385. The molecule has 1 aliphatic rings. The minimum atomic E-state index is -4.00. The summed E-state index contributed by atoms with van der Waals surface area (Å²) in [6.07, 6.45) is 1.94. The van der Waals surface area contributed by atoms with Gasteiger partial charge < -0.3 is 5.32 Å². The Kier molecular flexibility index (Phi) is 5.89. The molecule has 134 valence electrons. The monoisotopic (exact) mass is 359 g/mol. The largest absolute Gasteiger partial charge is 0.317 e. The summed E-state index contributed by atoms with van der Waals surface area (Å²) in [5.41, 5.74) is -0.682. The summed E-state index contributed by atoms with van der Waals surface area (Å²) in [5, 5.41) is 14.2. The van der Waals surface area contributed by atoms with Crippen LogP contribution in [0.1, 0.15) is 31.7 Å². The lowest BCUT2D eigenvalue weighted by Crippen LogP contribution is -2.46. The molecular weight excluding hydrogens is 337 g/mol. The van der Waals surface area contributed by atoms with Crippen molar-refractivity contribution >= 4 is 15.7 Å². The van der Waals surface area contributed by atoms with Gasteiger partial charge in [-0.1, -0.05) is 6.92 Å². The number of hydrogen-bond acceptors (Lipinski definition) is 5. The quantitative estimate of drug-likeness (QED) is 0.621. The molecule has 1 aliphatic heterocycles. The number of rotatable bonds is 6. The summed E-state index contributed by atoms with van der Waals surface area (Å²) in [6.45, 7) is 4.85. The summed E-state index contributed by atoms with van der Waals surface area (Å²) < 4.78 is 41.3. The first-order valence-electron chi connectivity index (χ1n) is 7.96. The SMILES string of the molecule is CCCN(C1CCNCC1)S(=O)(=O)c1cc(F)c(C)c([N+](=O)[O-])c1. The molecule has 24 heavy (non-hydrogen) atoms. The van der Waals surface area contributed by atoms with Gasteiger partial charge in [0.2, 0.25) is 10.0 Å². The Morgan fingerprint density at radius 3 is 2.54 bits per heavy atom. The van der Waals surface area contributed by atoms with Crippen LogP contribution in [-0.2, 0) is 10.0 Å². The molecule has 2 rings (SSSR count). The van der Waals surface area contributed by atoms with Gasteiger partial charge in [-0.2, -0.15) is 4.31 Å². The zero-order valence-corrected chi connectivity index (χ0v) is 14.6. The molecule has 1 aromatic rings. The maximum Gasteiger partial charge on any atom is 0.276 e. The molecule has 0 radical (unpaired) electrons. The minimum Gasteiger partial charge on any atom is -0.317 e. The number of halogens is 1. The molecule has 0 aromatic heterocycles. The minimum absolute atomic E-state index is 0.164. The third kappa shape index (κ3) is 3.73. The van der Waals surface area contributed by atoms with E-state index < -0.39 is 26.5 Å². The van der Waals surface area contributed by atoms with Crippen LogP contribution in [0, 0.1) is 22.9 Å². The van der Waals surface area contributed by atoms with E-state index in [0.29, 0.717) is 38.9 Å². The number of hydrogen-bond donors (Lipinski definition) is 1. The number of nitrogens with one attached hydrogen (secondary N) is 1. The molecule has 1 aromatic carbocycles. The van der Waals surface area contributed by atoms with Gasteiger partial charge >= 0.3 is 0 Å². The predicted molar refractivity (Wildman–Crippen MR) is 87.9 cm³/mol. The Hall–Kier alpha value is -1.58. The van der Waals surface area contributed by atoms with Crippen LogP contribution in [0.5, 0.6) is 0 Å². The number of sulfonamides is 1. The van der Waals surface area contributed by atoms with Gasteiger partial charge in [0.15, 0.2) is 0 Å². The molecule has 0 amide bonds. The van der Waals surface area contributed by atoms with Crippen LogP contribution in [-0.4, -0.2) is 43.3 Å². The van der Waals surface area contributed by atoms with Gasteiger partial charge in [-0.3, -0.25) is 10.1 Å². The molecule has 0 atom stereocenters. The third-order valence-electron chi connectivity index (χ3n) is 4.25. The molecule has 0 spiro atoms. The van der Waals surface area contributed by atoms with Crippen molar-refractivity contribution in [1.82, 2.24) is 9.62 Å². The fourth-order valence-electron chi connectivity index (χ4n) is 2.93. The molecule has 1 fully saturated rings. The van der Waals surface area contributed by atoms with E-state index in [1.165, 1.54) is 11.2 Å². The van der Waals surface area contributed by atoms with Gasteiger partial charge in [0.25, 0.3) is 5.69 Å². The van der Waals surface area contributed by atoms with Crippen LogP contribution in [0.4, 0.5) is 10.1 Å². The van der Waals surface area contributed by atoms with Crippen molar-refractivity contribution in [2.24, 2.45) is 0 Å². The van der Waals surface area contributed by atoms with Gasteiger partial charge in [0.1, 0.15) is 5.82 Å². The van der Waals surface area contributed by atoms with Crippen LogP contribution in [0.15, 0.2) is 17.0 Å². The highest BCUT2D eigenvalue weighted by molar-refractivity contribution is 7.89. The summed E-state index contributed by atoms with van der Waals surface area (Å²) in [7, 11) is -4.00. The Labute approximate surface area is 141 Å². The highest BCUT2D eigenvalue weighted by atomic mass is 32.2. The summed E-state index contributed by atoms with van der Waals surface area (Å²) in [5.74, 6) is -0.885. The predicted octanol–water partition coefficient (Wildman–Crippen LogP) is 2.20. The number of nitrogens with zero attached hydrogens (tertiary/aromatic N) is 2. The molecule has 9 heteroatoms. The molecule has 1 saturated heterocycles. The van der Waals surface area contributed by atoms with Gasteiger partial charge in [0.05, 0.1) is 15.4 Å². The molecule has 0 unspecified atom stereocenters. The second kappa shape index (κ2) is 7.54. The van der Waals surface area contributed by atoms with Crippen molar-refractivity contribution in [2.45, 2.75) is 44.0 Å². The molecule has 0 saturated carbocycles. The van der Waals surface area contributed by atoms with Crippen molar-refractivity contribution in [3.05, 3.63) is 33.6 Å². The molecular formula is C15H22FN3O4S. The van der Waals surface area contributed by atoms with Crippen molar-refractivity contribution in [3.63, 3.8) is 0 Å². The highest BCUT2D eigenvalue weighted by Gasteiger charge is 2.33. The Bertz CT molecular complexity index is 718. The van der Waals surface area contributed by atoms with Crippen LogP contribution < -0.4 is 5.32 Å². The molecule has 1 N–H and O–H groups in total. The van der Waals surface area contributed by atoms with Gasteiger partial charge in [0, 0.05) is 18.7 Å². The summed E-state index contributed by atoms with van der Waals surface area (Å²) >= 11 is 0. The number of benzene rings is 1. The van der Waals surface area contributed by atoms with Gasteiger partial charge in [-0.05, 0) is 45.3 Å². The lowest BCUT2D eigenvalue weighted by Gasteiger charge is -2.33. The van der Waals surface area contributed by atoms with Crippen molar-refractivity contribution in [1.29, 1.82) is 0 Å². The Morgan fingerprint density at radius 2 is 2.00 bits per heavy atom. The first kappa shape index (κ1) is 18.8. The average Bonchev–Trinajstić information content (AvgIpc) is 2.55. The van der Waals surface area contributed by atoms with E-state index in [-0.39, 0.29) is 16.5 Å². The van der Waals surface area contributed by atoms with Crippen molar-refractivity contribution in [2.75, 3.05) is 19.6 Å². The van der Waals surface area contributed by atoms with Gasteiger partial charge in [-0.25, -0.2) is 12.8 Å². The van der Waals surface area contributed by atoms with E-state index in [1.807, 2.05) is 6.92 Å². The number of nitro groups is 1. The zero-order valence-electron chi connectivity index (χ0n) is 13.8. The Balaban J connectivity index is 2.48. The van der Waals surface area contributed by atoms with Crippen LogP contribution in [0.25, 0.3) is 0 Å². The van der Waals surface area contributed by atoms with Crippen LogP contribution >= 0.6 is 0 Å². The Morgan fingerprint density at radius 1 is 1.38 bits per heavy atom. The smallest absolute Gasteiger partial charge is 0.276 e. The topological polar surface area (TPSA) is 92.6 Å². The second-order valence-electron chi connectivity index (χ2n) is 5.90. The summed E-state index contributed by atoms with van der Waals surface area (Å²) in [6, 6.07) is 1.65. The zero-order chi connectivity index (χ0) is 17.9. The fraction of sp³-hybridized carbons (Fsp3) is 0.600.